The van der Waals surface area contributed by atoms with Crippen LogP contribution in [0.5, 0.6) is 0 Å². The molecule has 11 heavy (non-hydrogen) atoms. The van der Waals surface area contributed by atoms with Gasteiger partial charge in [-0.15, -0.1) is 0 Å². The van der Waals surface area contributed by atoms with E-state index >= 15 is 0 Å². The smallest absolute Gasteiger partial charge is 0.0261 e. The van der Waals surface area contributed by atoms with Gasteiger partial charge in [-0.25, -0.2) is 10.0 Å². The average molecular weight is 157 g/mol. The van der Waals surface area contributed by atoms with Gasteiger partial charge < -0.3 is 4.90 Å². The topological polar surface area (TPSA) is 9.72 Å². The molecular formula is C8H19N3. The third-order valence-corrected chi connectivity index (χ3v) is 2.36. The van der Waals surface area contributed by atoms with Crippen LogP contribution in [0, 0.1) is 0 Å². The van der Waals surface area contributed by atoms with Gasteiger partial charge in [0.25, 0.3) is 0 Å². The quantitative estimate of drug-likeness (QED) is 0.563. The maximum Gasteiger partial charge on any atom is 0.0261 e. The number of rotatable bonds is 2. The van der Waals surface area contributed by atoms with E-state index in [0.29, 0.717) is 0 Å². The van der Waals surface area contributed by atoms with Gasteiger partial charge in [-0.05, 0) is 6.54 Å². The van der Waals surface area contributed by atoms with Crippen molar-refractivity contribution in [2.24, 2.45) is 0 Å². The van der Waals surface area contributed by atoms with Gasteiger partial charge in [-0.2, -0.15) is 0 Å². The van der Waals surface area contributed by atoms with E-state index in [4.69, 9.17) is 0 Å². The molecule has 0 amide bonds. The number of hydrogen-bond donors (Lipinski definition) is 0. The molecule has 0 N–H and O–H groups in total. The van der Waals surface area contributed by atoms with E-state index < -0.39 is 0 Å². The molecule has 1 aliphatic rings. The fourth-order valence-corrected chi connectivity index (χ4v) is 1.45. The highest BCUT2D eigenvalue weighted by atomic mass is 15.6. The van der Waals surface area contributed by atoms with Crippen LogP contribution in [-0.2, 0) is 0 Å². The van der Waals surface area contributed by atoms with Crippen LogP contribution < -0.4 is 0 Å². The molecule has 0 aliphatic carbocycles. The maximum absolute atomic E-state index is 2.49. The van der Waals surface area contributed by atoms with Crippen molar-refractivity contribution in [1.29, 1.82) is 0 Å². The highest BCUT2D eigenvalue weighted by Gasteiger charge is 2.15. The minimum Gasteiger partial charge on any atom is -0.301 e. The number of hydrazine groups is 1. The zero-order valence-electron chi connectivity index (χ0n) is 7.88. The van der Waals surface area contributed by atoms with E-state index in [9.17, 15) is 0 Å². The molecule has 0 aromatic heterocycles. The lowest BCUT2D eigenvalue weighted by atomic mass is 10.3. The van der Waals surface area contributed by atoms with Gasteiger partial charge in [0.2, 0.25) is 0 Å². The molecule has 0 saturated carbocycles. The second-order valence-electron chi connectivity index (χ2n) is 3.24. The van der Waals surface area contributed by atoms with Gasteiger partial charge in [0, 0.05) is 40.3 Å². The van der Waals surface area contributed by atoms with Crippen molar-refractivity contribution in [3.05, 3.63) is 0 Å². The van der Waals surface area contributed by atoms with Crippen LogP contribution in [-0.4, -0.2) is 61.7 Å². The zero-order chi connectivity index (χ0) is 8.27. The lowest BCUT2D eigenvalue weighted by molar-refractivity contribution is -0.0174. The summed E-state index contributed by atoms with van der Waals surface area (Å²) < 4.78 is 0. The van der Waals surface area contributed by atoms with Crippen LogP contribution >= 0.6 is 0 Å². The van der Waals surface area contributed by atoms with Gasteiger partial charge in [-0.3, -0.25) is 0 Å². The third kappa shape index (κ3) is 2.43. The Morgan fingerprint density at radius 2 is 1.64 bits per heavy atom. The van der Waals surface area contributed by atoms with Crippen LogP contribution in [0.25, 0.3) is 0 Å². The van der Waals surface area contributed by atoms with Gasteiger partial charge in [0.1, 0.15) is 0 Å². The van der Waals surface area contributed by atoms with Crippen LogP contribution in [0.1, 0.15) is 6.92 Å². The number of hydrogen-bond acceptors (Lipinski definition) is 3. The Bertz CT molecular complexity index is 106. The van der Waals surface area contributed by atoms with Gasteiger partial charge in [-0.1, -0.05) is 6.92 Å². The summed E-state index contributed by atoms with van der Waals surface area (Å²) in [7, 11) is 4.23. The summed E-state index contributed by atoms with van der Waals surface area (Å²) in [6.45, 7) is 8.22. The second-order valence-corrected chi connectivity index (χ2v) is 3.24. The first-order chi connectivity index (χ1) is 5.24. The number of piperazine rings is 1. The van der Waals surface area contributed by atoms with E-state index in [1.165, 1.54) is 32.7 Å². The fraction of sp³-hybridized carbons (Fsp3) is 1.00. The van der Waals surface area contributed by atoms with Gasteiger partial charge in [0.15, 0.2) is 0 Å². The Morgan fingerprint density at radius 3 is 2.00 bits per heavy atom. The minimum absolute atomic E-state index is 1.18. The Morgan fingerprint density at radius 1 is 1.09 bits per heavy atom. The van der Waals surface area contributed by atoms with Crippen LogP contribution in [0.15, 0.2) is 0 Å². The first-order valence-electron chi connectivity index (χ1n) is 4.38. The molecule has 0 radical (unpaired) electrons. The zero-order valence-corrected chi connectivity index (χ0v) is 7.88. The van der Waals surface area contributed by atoms with Crippen molar-refractivity contribution in [2.45, 2.75) is 6.92 Å². The molecule has 1 heterocycles. The Hall–Kier alpha value is -0.120. The highest BCUT2D eigenvalue weighted by Crippen LogP contribution is 2.01. The molecule has 1 fully saturated rings. The first kappa shape index (κ1) is 8.97. The monoisotopic (exact) mass is 157 g/mol. The molecule has 1 aliphatic heterocycles. The normalized spacial score (nSPS) is 22.9. The second kappa shape index (κ2) is 4.04. The predicted octanol–water partition coefficient (Wildman–Crippen LogP) is 0.100. The predicted molar refractivity (Wildman–Crippen MR) is 47.4 cm³/mol. The highest BCUT2D eigenvalue weighted by molar-refractivity contribution is 4.67. The summed E-state index contributed by atoms with van der Waals surface area (Å²) in [5.74, 6) is 0. The first-order valence-corrected chi connectivity index (χ1v) is 4.38. The van der Waals surface area contributed by atoms with E-state index in [1.54, 1.807) is 0 Å². The molecule has 1 rings (SSSR count). The summed E-state index contributed by atoms with van der Waals surface area (Å²) in [5, 5.41) is 4.57. The van der Waals surface area contributed by atoms with Crippen molar-refractivity contribution in [3.8, 4) is 0 Å². The molecule has 0 aromatic rings. The minimum atomic E-state index is 1.18. The Balaban J connectivity index is 2.24. The average Bonchev–Trinajstić information content (AvgIpc) is 2.05. The fourth-order valence-electron chi connectivity index (χ4n) is 1.45. The van der Waals surface area contributed by atoms with E-state index in [1.807, 2.05) is 0 Å². The van der Waals surface area contributed by atoms with E-state index in [0.717, 1.165) is 0 Å². The summed E-state index contributed by atoms with van der Waals surface area (Å²) >= 11 is 0. The molecule has 0 bridgehead atoms. The molecule has 0 spiro atoms. The molecule has 3 nitrogen and oxygen atoms in total. The molecule has 0 aromatic carbocycles. The summed E-state index contributed by atoms with van der Waals surface area (Å²) in [5.41, 5.74) is 0. The van der Waals surface area contributed by atoms with Crippen molar-refractivity contribution < 1.29 is 0 Å². The standard InChI is InChI=1S/C8H19N3/c1-4-10-5-7-11(8-6-10)9(2)3/h4-8H2,1-3H3. The molecule has 66 valence electrons. The molecule has 0 unspecified atom stereocenters. The lowest BCUT2D eigenvalue weighted by Crippen LogP contribution is -2.51. The Kier molecular flexibility index (Phi) is 3.30. The van der Waals surface area contributed by atoms with Crippen LogP contribution in [0.2, 0.25) is 0 Å². The number of likely N-dealkylation sites (N-methyl/N-ethyl adjacent to an activating group) is 1. The molecule has 3 heteroatoms. The third-order valence-electron chi connectivity index (χ3n) is 2.36. The molecule has 0 atom stereocenters. The Labute approximate surface area is 69.5 Å². The molecule has 1 saturated heterocycles. The van der Waals surface area contributed by atoms with Crippen molar-refractivity contribution in [2.75, 3.05) is 46.8 Å². The van der Waals surface area contributed by atoms with E-state index in [2.05, 4.69) is 35.9 Å². The van der Waals surface area contributed by atoms with Crippen molar-refractivity contribution in [1.82, 2.24) is 14.9 Å². The largest absolute Gasteiger partial charge is 0.301 e. The van der Waals surface area contributed by atoms with Crippen LogP contribution in [0.4, 0.5) is 0 Å². The number of nitrogens with zero attached hydrogens (tertiary/aromatic N) is 3. The van der Waals surface area contributed by atoms with Gasteiger partial charge >= 0.3 is 0 Å². The van der Waals surface area contributed by atoms with Crippen molar-refractivity contribution in [3.63, 3.8) is 0 Å². The summed E-state index contributed by atoms with van der Waals surface area (Å²) in [6, 6.07) is 0. The van der Waals surface area contributed by atoms with Crippen LogP contribution in [0.3, 0.4) is 0 Å². The summed E-state index contributed by atoms with van der Waals surface area (Å²) in [6.07, 6.45) is 0. The van der Waals surface area contributed by atoms with E-state index in [-0.39, 0.29) is 0 Å². The van der Waals surface area contributed by atoms with Gasteiger partial charge in [0.05, 0.1) is 0 Å². The lowest BCUT2D eigenvalue weighted by Gasteiger charge is -2.37. The SMILES string of the molecule is CCN1CCN(N(C)C)CC1. The van der Waals surface area contributed by atoms with Crippen molar-refractivity contribution >= 4 is 0 Å². The summed E-state index contributed by atoms with van der Waals surface area (Å²) in [4.78, 5) is 2.49. The maximum atomic E-state index is 2.49. The molecular weight excluding hydrogens is 138 g/mol.